The molecular weight excluding hydrogens is 329 g/mol. The minimum atomic E-state index is -0.191. The smallest absolute Gasteiger partial charge is 0.251 e. The summed E-state index contributed by atoms with van der Waals surface area (Å²) in [5.74, 6) is 0.661. The molecule has 0 spiro atoms. The van der Waals surface area contributed by atoms with E-state index in [1.807, 2.05) is 22.8 Å². The van der Waals surface area contributed by atoms with Crippen LogP contribution < -0.4 is 5.56 Å². The van der Waals surface area contributed by atoms with Gasteiger partial charge in [-0.3, -0.25) is 9.69 Å². The molecule has 2 aromatic rings. The number of hydrogen-bond donors (Lipinski definition) is 0. The number of likely N-dealkylation sites (tertiary alicyclic amines) is 1. The summed E-state index contributed by atoms with van der Waals surface area (Å²) in [5.41, 5.74) is 2.43. The highest BCUT2D eigenvalue weighted by atomic mass is 19.1. The summed E-state index contributed by atoms with van der Waals surface area (Å²) in [6.45, 7) is 3.64. The van der Waals surface area contributed by atoms with Gasteiger partial charge < -0.3 is 9.47 Å². The van der Waals surface area contributed by atoms with Crippen molar-refractivity contribution in [1.82, 2.24) is 14.4 Å². The molecule has 0 saturated carbocycles. The van der Waals surface area contributed by atoms with E-state index in [4.69, 9.17) is 0 Å². The van der Waals surface area contributed by atoms with Crippen LogP contribution in [0.1, 0.15) is 29.6 Å². The SMILES string of the molecule is CN(C)C[C@H]1[C@H]2C[C@H](CN(Cc3ccc(F)cc3)C2)c2cccc(=O)n21. The maximum absolute atomic E-state index is 13.2. The molecule has 0 N–H and O–H groups in total. The van der Waals surface area contributed by atoms with Gasteiger partial charge in [0.1, 0.15) is 5.82 Å². The van der Waals surface area contributed by atoms with E-state index < -0.39 is 0 Å². The lowest BCUT2D eigenvalue weighted by Crippen LogP contribution is -2.51. The molecule has 2 aliphatic heterocycles. The normalized spacial score (nSPS) is 25.3. The second-order valence-electron chi connectivity index (χ2n) is 8.00. The first-order chi connectivity index (χ1) is 12.5. The van der Waals surface area contributed by atoms with Crippen LogP contribution in [0.2, 0.25) is 0 Å². The monoisotopic (exact) mass is 355 g/mol. The number of nitrogens with zero attached hydrogens (tertiary/aromatic N) is 3. The highest BCUT2D eigenvalue weighted by Gasteiger charge is 2.40. The molecule has 0 radical (unpaired) electrons. The van der Waals surface area contributed by atoms with E-state index in [9.17, 15) is 9.18 Å². The average Bonchev–Trinajstić information content (AvgIpc) is 2.60. The van der Waals surface area contributed by atoms with Gasteiger partial charge in [0, 0.05) is 43.9 Å². The molecule has 0 aliphatic carbocycles. The second-order valence-corrected chi connectivity index (χ2v) is 8.00. The molecule has 0 amide bonds. The van der Waals surface area contributed by atoms with E-state index in [0.717, 1.165) is 38.2 Å². The van der Waals surface area contributed by atoms with Crippen LogP contribution in [0.25, 0.3) is 0 Å². The molecule has 4 nitrogen and oxygen atoms in total. The molecule has 5 heteroatoms. The molecule has 1 saturated heterocycles. The zero-order valence-electron chi connectivity index (χ0n) is 15.4. The average molecular weight is 355 g/mol. The number of halogens is 1. The lowest BCUT2D eigenvalue weighted by atomic mass is 9.78. The summed E-state index contributed by atoms with van der Waals surface area (Å²) in [4.78, 5) is 17.2. The summed E-state index contributed by atoms with van der Waals surface area (Å²) in [5, 5.41) is 0. The van der Waals surface area contributed by atoms with Crippen molar-refractivity contribution >= 4 is 0 Å². The Morgan fingerprint density at radius 3 is 2.62 bits per heavy atom. The Kier molecular flexibility index (Phi) is 4.67. The molecular formula is C21H26FN3O. The van der Waals surface area contributed by atoms with Gasteiger partial charge in [0.15, 0.2) is 0 Å². The van der Waals surface area contributed by atoms with Crippen molar-refractivity contribution < 1.29 is 4.39 Å². The lowest BCUT2D eigenvalue weighted by Gasteiger charge is -2.47. The molecule has 138 valence electrons. The molecule has 26 heavy (non-hydrogen) atoms. The highest BCUT2D eigenvalue weighted by molar-refractivity contribution is 5.21. The van der Waals surface area contributed by atoms with Crippen LogP contribution in [0, 0.1) is 11.7 Å². The zero-order valence-corrected chi connectivity index (χ0v) is 15.4. The van der Waals surface area contributed by atoms with E-state index in [1.165, 1.54) is 17.8 Å². The molecule has 3 heterocycles. The van der Waals surface area contributed by atoms with Crippen molar-refractivity contribution in [3.8, 4) is 0 Å². The molecule has 2 bridgehead atoms. The number of fused-ring (bicyclic) bond motifs is 4. The largest absolute Gasteiger partial charge is 0.308 e. The number of pyridine rings is 1. The Hall–Kier alpha value is -1.98. The molecule has 3 atom stereocenters. The Balaban J connectivity index is 1.63. The predicted octanol–water partition coefficient (Wildman–Crippen LogP) is 2.71. The Morgan fingerprint density at radius 1 is 1.12 bits per heavy atom. The maximum atomic E-state index is 13.2. The fourth-order valence-corrected chi connectivity index (χ4v) is 4.72. The highest BCUT2D eigenvalue weighted by Crippen LogP contribution is 2.41. The Labute approximate surface area is 153 Å². The van der Waals surface area contributed by atoms with E-state index in [-0.39, 0.29) is 17.4 Å². The van der Waals surface area contributed by atoms with Gasteiger partial charge in [0.25, 0.3) is 5.56 Å². The van der Waals surface area contributed by atoms with Crippen molar-refractivity contribution in [1.29, 1.82) is 0 Å². The number of hydrogen-bond acceptors (Lipinski definition) is 3. The van der Waals surface area contributed by atoms with E-state index in [2.05, 4.69) is 30.0 Å². The summed E-state index contributed by atoms with van der Waals surface area (Å²) < 4.78 is 15.2. The minimum Gasteiger partial charge on any atom is -0.308 e. The quantitative estimate of drug-likeness (QED) is 0.844. The standard InChI is InChI=1S/C21H26FN3O/c1-23(2)14-20-17-10-16(19-4-3-5-21(26)25(19)20)12-24(13-17)11-15-6-8-18(22)9-7-15/h3-9,16-17,20H,10-14H2,1-2H3/t16-,17+,20+/m1/s1. The van der Waals surface area contributed by atoms with Gasteiger partial charge in [-0.1, -0.05) is 18.2 Å². The number of likely N-dealkylation sites (N-methyl/N-ethyl adjacent to an activating group) is 1. The molecule has 1 fully saturated rings. The van der Waals surface area contributed by atoms with Crippen LogP contribution >= 0.6 is 0 Å². The first kappa shape index (κ1) is 17.4. The molecule has 4 rings (SSSR count). The number of piperidine rings is 1. The molecule has 0 unspecified atom stereocenters. The first-order valence-electron chi connectivity index (χ1n) is 9.34. The third kappa shape index (κ3) is 3.33. The van der Waals surface area contributed by atoms with Gasteiger partial charge in [-0.15, -0.1) is 0 Å². The van der Waals surface area contributed by atoms with Crippen LogP contribution in [0.15, 0.2) is 47.3 Å². The number of rotatable bonds is 4. The van der Waals surface area contributed by atoms with Crippen molar-refractivity contribution in [3.05, 3.63) is 69.9 Å². The van der Waals surface area contributed by atoms with Crippen LogP contribution in [-0.2, 0) is 6.54 Å². The van der Waals surface area contributed by atoms with Gasteiger partial charge in [0.05, 0.1) is 6.04 Å². The topological polar surface area (TPSA) is 28.5 Å². The fourth-order valence-electron chi connectivity index (χ4n) is 4.72. The molecule has 1 aromatic heterocycles. The molecule has 1 aromatic carbocycles. The fraction of sp³-hybridized carbons (Fsp3) is 0.476. The van der Waals surface area contributed by atoms with Crippen molar-refractivity contribution in [2.45, 2.75) is 24.9 Å². The van der Waals surface area contributed by atoms with Gasteiger partial charge in [-0.2, -0.15) is 0 Å². The van der Waals surface area contributed by atoms with E-state index in [1.54, 1.807) is 6.07 Å². The van der Waals surface area contributed by atoms with Crippen molar-refractivity contribution in [2.24, 2.45) is 5.92 Å². The Morgan fingerprint density at radius 2 is 1.88 bits per heavy atom. The van der Waals surface area contributed by atoms with Gasteiger partial charge in [-0.05, 0) is 50.2 Å². The number of benzene rings is 1. The maximum Gasteiger partial charge on any atom is 0.251 e. The number of aromatic nitrogens is 1. The lowest BCUT2D eigenvalue weighted by molar-refractivity contribution is 0.0743. The van der Waals surface area contributed by atoms with Crippen LogP contribution in [-0.4, -0.2) is 48.1 Å². The van der Waals surface area contributed by atoms with Crippen LogP contribution in [0.4, 0.5) is 4.39 Å². The summed E-state index contributed by atoms with van der Waals surface area (Å²) in [6.07, 6.45) is 1.14. The van der Waals surface area contributed by atoms with E-state index in [0.29, 0.717) is 11.8 Å². The zero-order chi connectivity index (χ0) is 18.3. The van der Waals surface area contributed by atoms with Crippen LogP contribution in [0.5, 0.6) is 0 Å². The summed E-state index contributed by atoms with van der Waals surface area (Å²) >= 11 is 0. The van der Waals surface area contributed by atoms with Gasteiger partial charge in [-0.25, -0.2) is 4.39 Å². The second kappa shape index (κ2) is 6.97. The Bertz CT molecular complexity index is 830. The van der Waals surface area contributed by atoms with Gasteiger partial charge >= 0.3 is 0 Å². The molecule has 2 aliphatic rings. The van der Waals surface area contributed by atoms with Crippen LogP contribution in [0.3, 0.4) is 0 Å². The first-order valence-corrected chi connectivity index (χ1v) is 9.34. The summed E-state index contributed by atoms with van der Waals surface area (Å²) in [7, 11) is 4.14. The van der Waals surface area contributed by atoms with Crippen molar-refractivity contribution in [2.75, 3.05) is 33.7 Å². The third-order valence-electron chi connectivity index (χ3n) is 5.75. The third-order valence-corrected chi connectivity index (χ3v) is 5.75. The van der Waals surface area contributed by atoms with E-state index >= 15 is 0 Å². The van der Waals surface area contributed by atoms with Gasteiger partial charge in [0.2, 0.25) is 0 Å². The van der Waals surface area contributed by atoms with Crippen molar-refractivity contribution in [3.63, 3.8) is 0 Å². The summed E-state index contributed by atoms with van der Waals surface area (Å²) in [6, 6.07) is 12.7. The predicted molar refractivity (Wildman–Crippen MR) is 101 cm³/mol. The minimum absolute atomic E-state index is 0.121.